The van der Waals surface area contributed by atoms with Crippen LogP contribution in [0.15, 0.2) is 18.2 Å². The standard InChI is InChI=1S/C16H22F2N2O2/c17-14-8-7-13(11-15(14)18)22-10-9-19-16(21)20-12-5-3-1-2-4-6-12/h7-8,11-12H,1-6,9-10H2,(H2,19,20,21). The van der Waals surface area contributed by atoms with E-state index in [2.05, 4.69) is 10.6 Å². The minimum atomic E-state index is -0.948. The van der Waals surface area contributed by atoms with E-state index in [1.165, 1.54) is 18.9 Å². The molecule has 2 amide bonds. The first-order valence-electron chi connectivity index (χ1n) is 7.77. The average Bonchev–Trinajstić information content (AvgIpc) is 2.76. The van der Waals surface area contributed by atoms with Crippen LogP contribution in [0.2, 0.25) is 0 Å². The third-order valence-corrected chi connectivity index (χ3v) is 3.74. The van der Waals surface area contributed by atoms with Gasteiger partial charge in [0.2, 0.25) is 0 Å². The van der Waals surface area contributed by atoms with Crippen molar-refractivity contribution in [2.24, 2.45) is 0 Å². The van der Waals surface area contributed by atoms with E-state index in [-0.39, 0.29) is 24.4 Å². The smallest absolute Gasteiger partial charge is 0.315 e. The Morgan fingerprint density at radius 2 is 1.86 bits per heavy atom. The third kappa shape index (κ3) is 5.50. The van der Waals surface area contributed by atoms with E-state index in [1.54, 1.807) is 0 Å². The van der Waals surface area contributed by atoms with Crippen molar-refractivity contribution in [1.29, 1.82) is 0 Å². The molecule has 0 atom stereocenters. The summed E-state index contributed by atoms with van der Waals surface area (Å²) < 4.78 is 31.0. The predicted octanol–water partition coefficient (Wildman–Crippen LogP) is 3.37. The Balaban J connectivity index is 1.63. The van der Waals surface area contributed by atoms with Gasteiger partial charge in [-0.3, -0.25) is 0 Å². The summed E-state index contributed by atoms with van der Waals surface area (Å²) in [5, 5.41) is 5.66. The topological polar surface area (TPSA) is 50.4 Å². The minimum absolute atomic E-state index is 0.198. The molecule has 6 heteroatoms. The molecule has 1 saturated carbocycles. The number of hydrogen-bond donors (Lipinski definition) is 2. The Morgan fingerprint density at radius 3 is 2.55 bits per heavy atom. The Kier molecular flexibility index (Phi) is 6.43. The molecule has 122 valence electrons. The van der Waals surface area contributed by atoms with Crippen LogP contribution in [-0.2, 0) is 0 Å². The lowest BCUT2D eigenvalue weighted by atomic mass is 10.1. The summed E-state index contributed by atoms with van der Waals surface area (Å²) in [5.74, 6) is -1.62. The molecule has 1 aliphatic rings. The Morgan fingerprint density at radius 1 is 1.14 bits per heavy atom. The van der Waals surface area contributed by atoms with Gasteiger partial charge in [-0.15, -0.1) is 0 Å². The summed E-state index contributed by atoms with van der Waals surface area (Å²) in [7, 11) is 0. The van der Waals surface area contributed by atoms with Gasteiger partial charge in [0, 0.05) is 12.1 Å². The van der Waals surface area contributed by atoms with E-state index in [4.69, 9.17) is 4.74 Å². The molecule has 1 aromatic carbocycles. The number of halogens is 2. The van der Waals surface area contributed by atoms with Gasteiger partial charge in [0.15, 0.2) is 11.6 Å². The molecule has 4 nitrogen and oxygen atoms in total. The van der Waals surface area contributed by atoms with Crippen LogP contribution in [0.25, 0.3) is 0 Å². The fourth-order valence-corrected chi connectivity index (χ4v) is 2.56. The largest absolute Gasteiger partial charge is 0.492 e. The fourth-order valence-electron chi connectivity index (χ4n) is 2.56. The van der Waals surface area contributed by atoms with E-state index in [1.807, 2.05) is 0 Å². The third-order valence-electron chi connectivity index (χ3n) is 3.74. The zero-order valence-electron chi connectivity index (χ0n) is 12.5. The van der Waals surface area contributed by atoms with Crippen LogP contribution in [-0.4, -0.2) is 25.2 Å². The maximum atomic E-state index is 13.0. The van der Waals surface area contributed by atoms with Crippen molar-refractivity contribution in [3.63, 3.8) is 0 Å². The Labute approximate surface area is 129 Å². The zero-order chi connectivity index (χ0) is 15.8. The fraction of sp³-hybridized carbons (Fsp3) is 0.562. The van der Waals surface area contributed by atoms with Crippen molar-refractivity contribution >= 4 is 6.03 Å². The molecule has 0 saturated heterocycles. The molecule has 1 fully saturated rings. The number of amides is 2. The number of carbonyl (C=O) groups excluding carboxylic acids is 1. The van der Waals surface area contributed by atoms with Crippen molar-refractivity contribution in [3.8, 4) is 5.75 Å². The lowest BCUT2D eigenvalue weighted by Gasteiger charge is -2.16. The molecule has 0 heterocycles. The molecule has 0 unspecified atom stereocenters. The summed E-state index contributed by atoms with van der Waals surface area (Å²) in [5.41, 5.74) is 0. The summed E-state index contributed by atoms with van der Waals surface area (Å²) in [6.45, 7) is 0.501. The maximum Gasteiger partial charge on any atom is 0.315 e. The summed E-state index contributed by atoms with van der Waals surface area (Å²) >= 11 is 0. The highest BCUT2D eigenvalue weighted by Gasteiger charge is 2.14. The van der Waals surface area contributed by atoms with Crippen molar-refractivity contribution in [1.82, 2.24) is 10.6 Å². The second kappa shape index (κ2) is 8.56. The van der Waals surface area contributed by atoms with Gasteiger partial charge in [0.1, 0.15) is 12.4 Å². The first-order valence-corrected chi connectivity index (χ1v) is 7.77. The Hall–Kier alpha value is -1.85. The normalized spacial score (nSPS) is 15.9. The molecule has 1 aliphatic carbocycles. The molecule has 2 rings (SSSR count). The van der Waals surface area contributed by atoms with Crippen LogP contribution >= 0.6 is 0 Å². The van der Waals surface area contributed by atoms with Crippen LogP contribution in [0, 0.1) is 11.6 Å². The van der Waals surface area contributed by atoms with Gasteiger partial charge >= 0.3 is 6.03 Å². The van der Waals surface area contributed by atoms with Crippen molar-refractivity contribution < 1.29 is 18.3 Å². The summed E-state index contributed by atoms with van der Waals surface area (Å²) in [6, 6.07) is 3.39. The molecular formula is C16H22F2N2O2. The first kappa shape index (κ1) is 16.5. The quantitative estimate of drug-likeness (QED) is 0.647. The van der Waals surface area contributed by atoms with E-state index < -0.39 is 11.6 Å². The van der Waals surface area contributed by atoms with Crippen molar-refractivity contribution in [2.75, 3.05) is 13.2 Å². The van der Waals surface area contributed by atoms with E-state index >= 15 is 0 Å². The molecule has 22 heavy (non-hydrogen) atoms. The second-order valence-electron chi connectivity index (χ2n) is 5.51. The van der Waals surface area contributed by atoms with Gasteiger partial charge in [0.25, 0.3) is 0 Å². The number of benzene rings is 1. The number of ether oxygens (including phenoxy) is 1. The van der Waals surface area contributed by atoms with Crippen LogP contribution in [0.1, 0.15) is 38.5 Å². The van der Waals surface area contributed by atoms with Crippen LogP contribution < -0.4 is 15.4 Å². The van der Waals surface area contributed by atoms with Crippen molar-refractivity contribution in [2.45, 2.75) is 44.6 Å². The highest BCUT2D eigenvalue weighted by atomic mass is 19.2. The molecule has 1 aromatic rings. The molecule has 0 bridgehead atoms. The number of nitrogens with one attached hydrogen (secondary N) is 2. The second-order valence-corrected chi connectivity index (χ2v) is 5.51. The van der Waals surface area contributed by atoms with Gasteiger partial charge in [-0.05, 0) is 25.0 Å². The summed E-state index contributed by atoms with van der Waals surface area (Å²) in [4.78, 5) is 11.7. The lowest BCUT2D eigenvalue weighted by molar-refractivity contribution is 0.231. The molecular weight excluding hydrogens is 290 g/mol. The molecule has 0 aliphatic heterocycles. The monoisotopic (exact) mass is 312 g/mol. The van der Waals surface area contributed by atoms with Crippen LogP contribution in [0.3, 0.4) is 0 Å². The van der Waals surface area contributed by atoms with Gasteiger partial charge < -0.3 is 15.4 Å². The molecule has 0 aromatic heterocycles. The lowest BCUT2D eigenvalue weighted by Crippen LogP contribution is -2.43. The maximum absolute atomic E-state index is 13.0. The average molecular weight is 312 g/mol. The highest BCUT2D eigenvalue weighted by Crippen LogP contribution is 2.17. The number of rotatable bonds is 5. The first-order chi connectivity index (χ1) is 10.6. The Bertz CT molecular complexity index is 489. The van der Waals surface area contributed by atoms with Crippen molar-refractivity contribution in [3.05, 3.63) is 29.8 Å². The van der Waals surface area contributed by atoms with Gasteiger partial charge in [-0.1, -0.05) is 25.7 Å². The molecule has 0 spiro atoms. The van der Waals surface area contributed by atoms with E-state index in [0.717, 1.165) is 37.8 Å². The van der Waals surface area contributed by atoms with Crippen LogP contribution in [0.5, 0.6) is 5.75 Å². The summed E-state index contributed by atoms with van der Waals surface area (Å²) in [6.07, 6.45) is 6.84. The van der Waals surface area contributed by atoms with Crippen LogP contribution in [0.4, 0.5) is 13.6 Å². The van der Waals surface area contributed by atoms with Gasteiger partial charge in [-0.25, -0.2) is 13.6 Å². The molecule has 2 N–H and O–H groups in total. The number of urea groups is 1. The molecule has 0 radical (unpaired) electrons. The SMILES string of the molecule is O=C(NCCOc1ccc(F)c(F)c1)NC1CCCCCC1. The highest BCUT2D eigenvalue weighted by molar-refractivity contribution is 5.74. The number of hydrogen-bond acceptors (Lipinski definition) is 2. The zero-order valence-corrected chi connectivity index (χ0v) is 12.5. The van der Waals surface area contributed by atoms with E-state index in [0.29, 0.717) is 6.54 Å². The minimum Gasteiger partial charge on any atom is -0.492 e. The van der Waals surface area contributed by atoms with Gasteiger partial charge in [-0.2, -0.15) is 0 Å². The van der Waals surface area contributed by atoms with Gasteiger partial charge in [0.05, 0.1) is 6.54 Å². The predicted molar refractivity (Wildman–Crippen MR) is 79.9 cm³/mol. The van der Waals surface area contributed by atoms with E-state index in [9.17, 15) is 13.6 Å². The number of carbonyl (C=O) groups is 1.